The maximum Gasteiger partial charge on any atom is 0.0726 e. The van der Waals surface area contributed by atoms with Crippen molar-refractivity contribution < 1.29 is 0 Å². The predicted molar refractivity (Wildman–Crippen MR) is 289 cm³/mol. The Morgan fingerprint density at radius 1 is 0.257 bits per heavy atom. The number of hydrogen-bond acceptors (Lipinski definition) is 1. The van der Waals surface area contributed by atoms with Crippen LogP contribution in [0.25, 0.3) is 60.9 Å². The molecule has 15 rings (SSSR count). The van der Waals surface area contributed by atoms with E-state index < -0.39 is 10.8 Å². The van der Waals surface area contributed by atoms with Crippen molar-refractivity contribution >= 4 is 38.9 Å². The Balaban J connectivity index is 0.993. The molecular weight excluding hydrogens is 845 g/mol. The summed E-state index contributed by atoms with van der Waals surface area (Å²) >= 11 is 0. The van der Waals surface area contributed by atoms with E-state index in [4.69, 9.17) is 0 Å². The molecule has 3 aliphatic carbocycles. The molecule has 0 unspecified atom stereocenters. The van der Waals surface area contributed by atoms with Gasteiger partial charge in [0.25, 0.3) is 0 Å². The van der Waals surface area contributed by atoms with Crippen LogP contribution in [-0.4, -0.2) is 4.57 Å². The molecule has 0 bridgehead atoms. The monoisotopic (exact) mass is 888 g/mol. The van der Waals surface area contributed by atoms with Gasteiger partial charge in [0.05, 0.1) is 21.9 Å². The Morgan fingerprint density at radius 2 is 0.600 bits per heavy atom. The number of anilines is 3. The van der Waals surface area contributed by atoms with Gasteiger partial charge >= 0.3 is 0 Å². The van der Waals surface area contributed by atoms with E-state index in [0.717, 1.165) is 22.7 Å². The first-order valence-corrected chi connectivity index (χ1v) is 24.4. The van der Waals surface area contributed by atoms with Crippen molar-refractivity contribution in [1.29, 1.82) is 0 Å². The van der Waals surface area contributed by atoms with Gasteiger partial charge in [-0.25, -0.2) is 0 Å². The van der Waals surface area contributed by atoms with Crippen LogP contribution in [0.4, 0.5) is 17.1 Å². The minimum absolute atomic E-state index is 0.476. The highest BCUT2D eigenvalue weighted by atomic mass is 15.1. The van der Waals surface area contributed by atoms with Gasteiger partial charge < -0.3 is 9.47 Å². The number of fused-ring (bicyclic) bond motifs is 16. The molecule has 0 atom stereocenters. The zero-order chi connectivity index (χ0) is 46.0. The predicted octanol–water partition coefficient (Wildman–Crippen LogP) is 17.0. The second-order valence-electron chi connectivity index (χ2n) is 19.1. The topological polar surface area (TPSA) is 8.17 Å². The molecule has 0 aliphatic heterocycles. The first-order chi connectivity index (χ1) is 34.7. The molecule has 3 aliphatic rings. The van der Waals surface area contributed by atoms with Crippen LogP contribution in [0.5, 0.6) is 0 Å². The van der Waals surface area contributed by atoms with Crippen LogP contribution < -0.4 is 4.90 Å². The quantitative estimate of drug-likeness (QED) is 0.161. The lowest BCUT2D eigenvalue weighted by Crippen LogP contribution is -2.28. The summed E-state index contributed by atoms with van der Waals surface area (Å²) in [4.78, 5) is 2.50. The molecule has 0 fully saturated rings. The Hall–Kier alpha value is -8.98. The maximum atomic E-state index is 2.51. The van der Waals surface area contributed by atoms with Crippen LogP contribution in [0.2, 0.25) is 0 Å². The molecular formula is C68H44N2. The van der Waals surface area contributed by atoms with E-state index in [-0.39, 0.29) is 0 Å². The van der Waals surface area contributed by atoms with Crippen molar-refractivity contribution in [2.75, 3.05) is 4.90 Å². The smallest absolute Gasteiger partial charge is 0.0726 e. The van der Waals surface area contributed by atoms with E-state index in [0.29, 0.717) is 0 Å². The number of nitrogens with zero attached hydrogens (tertiary/aromatic N) is 2. The highest BCUT2D eigenvalue weighted by Gasteiger charge is 2.52. The van der Waals surface area contributed by atoms with E-state index in [1.54, 1.807) is 0 Å². The van der Waals surface area contributed by atoms with Gasteiger partial charge in [0.15, 0.2) is 0 Å². The largest absolute Gasteiger partial charge is 0.310 e. The van der Waals surface area contributed by atoms with Gasteiger partial charge in [-0.15, -0.1) is 0 Å². The van der Waals surface area contributed by atoms with E-state index in [1.165, 1.54) is 99.7 Å². The molecule has 70 heavy (non-hydrogen) atoms. The fourth-order valence-corrected chi connectivity index (χ4v) is 13.2. The molecule has 0 radical (unpaired) electrons. The number of benzene rings is 11. The molecule has 0 amide bonds. The van der Waals surface area contributed by atoms with Crippen LogP contribution in [-0.2, 0) is 10.8 Å². The van der Waals surface area contributed by atoms with Crippen LogP contribution >= 0.6 is 0 Å². The summed E-state index contributed by atoms with van der Waals surface area (Å²) in [6.45, 7) is 0. The van der Waals surface area contributed by atoms with Gasteiger partial charge in [0.2, 0.25) is 0 Å². The molecule has 2 heteroatoms. The third-order valence-corrected chi connectivity index (χ3v) is 15.9. The highest BCUT2D eigenvalue weighted by molar-refractivity contribution is 6.09. The Labute approximate surface area is 407 Å². The van der Waals surface area contributed by atoms with Gasteiger partial charge in [0, 0.05) is 33.5 Å². The van der Waals surface area contributed by atoms with Crippen molar-refractivity contribution in [2.24, 2.45) is 0 Å². The Kier molecular flexibility index (Phi) is 8.24. The fourth-order valence-electron chi connectivity index (χ4n) is 13.2. The lowest BCUT2D eigenvalue weighted by atomic mass is 9.67. The van der Waals surface area contributed by atoms with E-state index >= 15 is 0 Å². The normalized spacial score (nSPS) is 13.9. The molecule has 0 saturated carbocycles. The summed E-state index contributed by atoms with van der Waals surface area (Å²) in [5.74, 6) is 0. The first-order valence-electron chi connectivity index (χ1n) is 24.4. The van der Waals surface area contributed by atoms with Crippen LogP contribution in [0, 0.1) is 0 Å². The molecule has 1 aromatic heterocycles. The number of rotatable bonds is 6. The summed E-state index contributed by atoms with van der Waals surface area (Å²) in [6, 6.07) is 99.8. The molecule has 1 heterocycles. The van der Waals surface area contributed by atoms with E-state index in [1.807, 2.05) is 0 Å². The van der Waals surface area contributed by atoms with Crippen molar-refractivity contribution in [3.05, 3.63) is 311 Å². The zero-order valence-electron chi connectivity index (χ0n) is 38.3. The number of hydrogen-bond donors (Lipinski definition) is 0. The van der Waals surface area contributed by atoms with Crippen molar-refractivity contribution in [1.82, 2.24) is 4.57 Å². The Bertz CT molecular complexity index is 3810. The molecule has 0 N–H and O–H groups in total. The molecule has 326 valence electrons. The number of para-hydroxylation sites is 2. The van der Waals surface area contributed by atoms with Gasteiger partial charge in [-0.3, -0.25) is 0 Å². The van der Waals surface area contributed by atoms with Gasteiger partial charge in [-0.1, -0.05) is 206 Å². The summed E-state index contributed by atoms with van der Waals surface area (Å²) in [7, 11) is 0. The fraction of sp³-hybridized carbons (Fsp3) is 0.0294. The lowest BCUT2D eigenvalue weighted by molar-refractivity contribution is 0.768. The second-order valence-corrected chi connectivity index (χ2v) is 19.1. The van der Waals surface area contributed by atoms with Crippen molar-refractivity contribution in [2.45, 2.75) is 10.8 Å². The van der Waals surface area contributed by atoms with Crippen LogP contribution in [0.3, 0.4) is 0 Å². The first kappa shape index (κ1) is 39.1. The standard InChI is InChI=1S/C68H44N2/c1-3-19-45(20-4-1)67(46-21-5-2-6-22-46)59-29-13-7-25-53(59)55-41-39-49(43-63(55)67)69(47-35-37-48(38-36-47)70-65-33-17-11-27-57(65)58-28-12-18-34-66(58)70)50-40-42-56-54-26-10-16-32-62(54)68(64(56)44-50)60-30-14-8-23-51(60)52-24-9-15-31-61(52)68/h1-44H. The number of aromatic nitrogens is 1. The minimum atomic E-state index is -0.544. The van der Waals surface area contributed by atoms with Crippen LogP contribution in [0.15, 0.2) is 267 Å². The maximum absolute atomic E-state index is 2.51. The third-order valence-electron chi connectivity index (χ3n) is 15.9. The molecule has 11 aromatic carbocycles. The van der Waals surface area contributed by atoms with Crippen molar-refractivity contribution in [3.8, 4) is 39.1 Å². The zero-order valence-corrected chi connectivity index (χ0v) is 38.3. The molecule has 1 spiro atoms. The summed E-state index contributed by atoms with van der Waals surface area (Å²) in [5, 5.41) is 2.51. The van der Waals surface area contributed by atoms with Crippen molar-refractivity contribution in [3.63, 3.8) is 0 Å². The highest BCUT2D eigenvalue weighted by Crippen LogP contribution is 2.64. The lowest BCUT2D eigenvalue weighted by Gasteiger charge is -2.35. The summed E-state index contributed by atoms with van der Waals surface area (Å²) in [5.41, 5.74) is 23.9. The van der Waals surface area contributed by atoms with Gasteiger partial charge in [0.1, 0.15) is 0 Å². The molecule has 2 nitrogen and oxygen atoms in total. The average Bonchev–Trinajstić information content (AvgIpc) is 4.13. The second kappa shape index (κ2) is 14.8. The minimum Gasteiger partial charge on any atom is -0.310 e. The Morgan fingerprint density at radius 3 is 1.06 bits per heavy atom. The van der Waals surface area contributed by atoms with E-state index in [9.17, 15) is 0 Å². The van der Waals surface area contributed by atoms with Gasteiger partial charge in [-0.2, -0.15) is 0 Å². The molecule has 0 saturated heterocycles. The summed E-state index contributed by atoms with van der Waals surface area (Å²) < 4.78 is 2.41. The SMILES string of the molecule is c1ccc(C2(c3ccccc3)c3ccccc3-c3ccc(N(c4ccc(-n5c6ccccc6c6ccccc65)cc4)c4ccc5c(c4)C4(c6ccccc6-c6ccccc64)c4ccccc4-5)cc32)cc1. The van der Waals surface area contributed by atoms with Crippen LogP contribution in [0.1, 0.15) is 44.5 Å². The third kappa shape index (κ3) is 5.12. The summed E-state index contributed by atoms with van der Waals surface area (Å²) in [6.07, 6.45) is 0. The average molecular weight is 889 g/mol. The van der Waals surface area contributed by atoms with E-state index in [2.05, 4.69) is 276 Å². The van der Waals surface area contributed by atoms with Gasteiger partial charge in [-0.05, 0) is 139 Å². The molecule has 12 aromatic rings.